The van der Waals surface area contributed by atoms with Gasteiger partial charge < -0.3 is 19.6 Å². The summed E-state index contributed by atoms with van der Waals surface area (Å²) in [5, 5.41) is 10.7. The maximum absolute atomic E-state index is 11.7. The van der Waals surface area contributed by atoms with Crippen molar-refractivity contribution in [2.24, 2.45) is 5.92 Å². The van der Waals surface area contributed by atoms with E-state index in [4.69, 9.17) is 4.74 Å². The van der Waals surface area contributed by atoms with Crippen molar-refractivity contribution in [2.75, 3.05) is 47.4 Å². The molecule has 1 aliphatic carbocycles. The Balaban J connectivity index is 2.31. The lowest BCUT2D eigenvalue weighted by Crippen LogP contribution is -2.45. The van der Waals surface area contributed by atoms with E-state index in [2.05, 4.69) is 30.9 Å². The average Bonchev–Trinajstić information content (AvgIpc) is 2.38. The van der Waals surface area contributed by atoms with E-state index in [1.165, 1.54) is 0 Å². The highest BCUT2D eigenvalue weighted by Gasteiger charge is 2.36. The van der Waals surface area contributed by atoms with Gasteiger partial charge in [0.1, 0.15) is 0 Å². The Morgan fingerprint density at radius 1 is 1.24 bits per heavy atom. The molecule has 0 spiro atoms. The Hall–Kier alpha value is -0.650. The molecule has 0 radical (unpaired) electrons. The van der Waals surface area contributed by atoms with Crippen LogP contribution in [0.3, 0.4) is 0 Å². The quantitative estimate of drug-likeness (QED) is 0.686. The Bertz CT molecular complexity index is 313. The van der Waals surface area contributed by atoms with Crippen molar-refractivity contribution in [3.63, 3.8) is 0 Å². The Kier molecular flexibility index (Phi) is 7.63. The van der Waals surface area contributed by atoms with Gasteiger partial charge in [-0.25, -0.2) is 0 Å². The second-order valence-electron chi connectivity index (χ2n) is 6.65. The monoisotopic (exact) mass is 300 g/mol. The first kappa shape index (κ1) is 18.4. The van der Waals surface area contributed by atoms with Gasteiger partial charge in [-0.05, 0) is 73.3 Å². The maximum atomic E-state index is 11.7. The van der Waals surface area contributed by atoms with Gasteiger partial charge >= 0.3 is 5.97 Å². The highest BCUT2D eigenvalue weighted by Crippen LogP contribution is 2.33. The fourth-order valence-corrected chi connectivity index (χ4v) is 3.05. The normalized spacial score (nSPS) is 26.3. The molecule has 5 nitrogen and oxygen atoms in total. The summed E-state index contributed by atoms with van der Waals surface area (Å²) < 4.78 is 5.07. The van der Waals surface area contributed by atoms with E-state index in [0.717, 1.165) is 32.4 Å². The van der Waals surface area contributed by atoms with Gasteiger partial charge in [0.2, 0.25) is 0 Å². The second-order valence-corrected chi connectivity index (χ2v) is 6.65. The molecule has 1 fully saturated rings. The molecule has 1 aliphatic rings. The van der Waals surface area contributed by atoms with Gasteiger partial charge in [-0.15, -0.1) is 0 Å². The smallest absolute Gasteiger partial charge is 0.308 e. The van der Waals surface area contributed by atoms with Gasteiger partial charge in [0.15, 0.2) is 0 Å². The molecule has 0 aromatic rings. The number of carbonyl (C=O) groups excluding carboxylic acids is 1. The summed E-state index contributed by atoms with van der Waals surface area (Å²) >= 11 is 0. The third-order valence-corrected chi connectivity index (χ3v) is 4.25. The molecule has 0 bridgehead atoms. The minimum atomic E-state index is -0.643. The molecule has 5 heteroatoms. The predicted octanol–water partition coefficient (Wildman–Crippen LogP) is 1.35. The van der Waals surface area contributed by atoms with Crippen LogP contribution in [0.15, 0.2) is 0 Å². The number of ether oxygens (including phenoxy) is 1. The molecule has 124 valence electrons. The zero-order valence-corrected chi connectivity index (χ0v) is 14.1. The molecule has 0 amide bonds. The van der Waals surface area contributed by atoms with Crippen LogP contribution in [0, 0.1) is 5.92 Å². The third-order valence-electron chi connectivity index (χ3n) is 4.25. The van der Waals surface area contributed by atoms with Crippen molar-refractivity contribution in [3.8, 4) is 0 Å². The molecule has 0 unspecified atom stereocenters. The van der Waals surface area contributed by atoms with Crippen LogP contribution in [0.25, 0.3) is 0 Å². The number of hydrogen-bond acceptors (Lipinski definition) is 5. The van der Waals surface area contributed by atoms with E-state index in [-0.39, 0.29) is 11.9 Å². The topological polar surface area (TPSA) is 53.0 Å². The number of rotatable bonds is 8. The van der Waals surface area contributed by atoms with Gasteiger partial charge in [0, 0.05) is 6.54 Å². The molecule has 0 aliphatic heterocycles. The van der Waals surface area contributed by atoms with Gasteiger partial charge in [-0.1, -0.05) is 0 Å². The summed E-state index contributed by atoms with van der Waals surface area (Å²) in [4.78, 5) is 16.1. The summed E-state index contributed by atoms with van der Waals surface area (Å²) in [5.74, 6) is -0.122. The summed E-state index contributed by atoms with van der Waals surface area (Å²) in [6, 6.07) is 0. The highest BCUT2D eigenvalue weighted by atomic mass is 16.5. The molecule has 0 aromatic heterocycles. The average molecular weight is 300 g/mol. The predicted molar refractivity (Wildman–Crippen MR) is 84.2 cm³/mol. The van der Waals surface area contributed by atoms with Crippen molar-refractivity contribution in [1.82, 2.24) is 9.80 Å². The van der Waals surface area contributed by atoms with Crippen LogP contribution in [0.1, 0.15) is 39.0 Å². The molecule has 0 heterocycles. The number of likely N-dealkylation sites (N-methyl/N-ethyl adjacent to an activating group) is 1. The first-order valence-corrected chi connectivity index (χ1v) is 8.08. The van der Waals surface area contributed by atoms with Crippen LogP contribution in [0.4, 0.5) is 0 Å². The lowest BCUT2D eigenvalue weighted by Gasteiger charge is -2.38. The van der Waals surface area contributed by atoms with Crippen molar-refractivity contribution in [3.05, 3.63) is 0 Å². The first-order valence-electron chi connectivity index (χ1n) is 8.08. The van der Waals surface area contributed by atoms with Gasteiger partial charge in [0.05, 0.1) is 18.1 Å². The molecule has 1 saturated carbocycles. The lowest BCUT2D eigenvalue weighted by molar-refractivity contribution is -0.151. The molecule has 0 saturated heterocycles. The zero-order valence-electron chi connectivity index (χ0n) is 14.1. The molecular weight excluding hydrogens is 268 g/mol. The van der Waals surface area contributed by atoms with Crippen LogP contribution in [0.5, 0.6) is 0 Å². The van der Waals surface area contributed by atoms with Crippen LogP contribution in [-0.4, -0.2) is 73.9 Å². The van der Waals surface area contributed by atoms with E-state index in [1.807, 2.05) is 6.92 Å². The first-order chi connectivity index (χ1) is 9.86. The Morgan fingerprint density at radius 3 is 2.38 bits per heavy atom. The SMILES string of the molecule is CCOC(=O)C1CCC(O)(CN(C)CCCN(C)C)CC1. The van der Waals surface area contributed by atoms with Crippen molar-refractivity contribution in [1.29, 1.82) is 0 Å². The minimum absolute atomic E-state index is 0.0238. The summed E-state index contributed by atoms with van der Waals surface area (Å²) in [6.45, 7) is 5.01. The molecule has 21 heavy (non-hydrogen) atoms. The van der Waals surface area contributed by atoms with E-state index in [1.54, 1.807) is 0 Å². The maximum Gasteiger partial charge on any atom is 0.308 e. The van der Waals surface area contributed by atoms with E-state index in [9.17, 15) is 9.90 Å². The molecule has 0 atom stereocenters. The van der Waals surface area contributed by atoms with Crippen LogP contribution >= 0.6 is 0 Å². The standard InChI is InChI=1S/C16H32N2O3/c1-5-21-15(19)14-7-9-16(20,10-8-14)13-18(4)12-6-11-17(2)3/h14,20H,5-13H2,1-4H3. The number of aliphatic hydroxyl groups is 1. The number of nitrogens with zero attached hydrogens (tertiary/aromatic N) is 2. The minimum Gasteiger partial charge on any atom is -0.466 e. The van der Waals surface area contributed by atoms with Gasteiger partial charge in [0.25, 0.3) is 0 Å². The number of hydrogen-bond donors (Lipinski definition) is 1. The number of esters is 1. The molecule has 1 N–H and O–H groups in total. The van der Waals surface area contributed by atoms with Crippen molar-refractivity contribution < 1.29 is 14.6 Å². The van der Waals surface area contributed by atoms with Crippen LogP contribution < -0.4 is 0 Å². The Morgan fingerprint density at radius 2 is 1.86 bits per heavy atom. The summed E-state index contributed by atoms with van der Waals surface area (Å²) in [7, 11) is 6.21. The Labute approximate surface area is 129 Å². The molecular formula is C16H32N2O3. The van der Waals surface area contributed by atoms with E-state index >= 15 is 0 Å². The van der Waals surface area contributed by atoms with Gasteiger partial charge in [-0.3, -0.25) is 4.79 Å². The van der Waals surface area contributed by atoms with Gasteiger partial charge in [-0.2, -0.15) is 0 Å². The third kappa shape index (κ3) is 6.76. The van der Waals surface area contributed by atoms with Crippen molar-refractivity contribution in [2.45, 2.75) is 44.6 Å². The molecule has 0 aromatic carbocycles. The van der Waals surface area contributed by atoms with E-state index in [0.29, 0.717) is 26.0 Å². The number of carbonyl (C=O) groups is 1. The fourth-order valence-electron chi connectivity index (χ4n) is 3.05. The zero-order chi connectivity index (χ0) is 15.9. The highest BCUT2D eigenvalue weighted by molar-refractivity contribution is 5.72. The summed E-state index contributed by atoms with van der Waals surface area (Å²) in [6.07, 6.45) is 3.95. The molecule has 1 rings (SSSR count). The van der Waals surface area contributed by atoms with Crippen LogP contribution in [-0.2, 0) is 9.53 Å². The second kappa shape index (κ2) is 8.71. The fraction of sp³-hybridized carbons (Fsp3) is 0.938. The van der Waals surface area contributed by atoms with Crippen molar-refractivity contribution >= 4 is 5.97 Å². The van der Waals surface area contributed by atoms with E-state index < -0.39 is 5.60 Å². The van der Waals surface area contributed by atoms with Crippen LogP contribution in [0.2, 0.25) is 0 Å². The lowest BCUT2D eigenvalue weighted by atomic mass is 9.78. The largest absolute Gasteiger partial charge is 0.466 e. The summed E-state index contributed by atoms with van der Waals surface area (Å²) in [5.41, 5.74) is -0.643.